The predicted molar refractivity (Wildman–Crippen MR) is 36.6 cm³/mol. The lowest BCUT2D eigenvalue weighted by Gasteiger charge is -2.32. The first-order chi connectivity index (χ1) is 4.64. The van der Waals surface area contributed by atoms with Gasteiger partial charge >= 0.3 is 0 Å². The lowest BCUT2D eigenvalue weighted by molar-refractivity contribution is -0.277. The molecule has 0 aromatic rings. The Labute approximate surface area is 60.9 Å². The van der Waals surface area contributed by atoms with Crippen molar-refractivity contribution in [1.82, 2.24) is 0 Å². The first kappa shape index (κ1) is 7.98. The summed E-state index contributed by atoms with van der Waals surface area (Å²) in [5, 5.41) is 9.24. The molecule has 3 nitrogen and oxygen atoms in total. The quantitative estimate of drug-likeness (QED) is 0.586. The Morgan fingerprint density at radius 1 is 1.70 bits per heavy atom. The molecule has 0 unspecified atom stereocenters. The predicted octanol–water partition coefficient (Wildman–Crippen LogP) is 0.520. The first-order valence-corrected chi connectivity index (χ1v) is 3.62. The maximum atomic E-state index is 9.24. The van der Waals surface area contributed by atoms with Gasteiger partial charge in [0.25, 0.3) is 0 Å². The molecule has 1 saturated heterocycles. The Morgan fingerprint density at radius 2 is 2.40 bits per heavy atom. The van der Waals surface area contributed by atoms with Gasteiger partial charge in [-0.15, -0.1) is 0 Å². The minimum Gasteiger partial charge on any atom is -0.370 e. The van der Waals surface area contributed by atoms with Crippen LogP contribution in [0.2, 0.25) is 0 Å². The molecule has 2 atom stereocenters. The van der Waals surface area contributed by atoms with Crippen molar-refractivity contribution in [2.24, 2.45) is 0 Å². The zero-order valence-electron chi connectivity index (χ0n) is 6.46. The molecule has 0 aromatic heterocycles. The van der Waals surface area contributed by atoms with Gasteiger partial charge in [-0.3, -0.25) is 0 Å². The molecule has 1 N–H and O–H groups in total. The van der Waals surface area contributed by atoms with Crippen LogP contribution < -0.4 is 0 Å². The van der Waals surface area contributed by atoms with Crippen molar-refractivity contribution >= 4 is 0 Å². The lowest BCUT2D eigenvalue weighted by Crippen LogP contribution is -2.44. The summed E-state index contributed by atoms with van der Waals surface area (Å²) in [7, 11) is 0. The van der Waals surface area contributed by atoms with Crippen LogP contribution in [0.4, 0.5) is 0 Å². The van der Waals surface area contributed by atoms with Gasteiger partial charge in [-0.05, 0) is 13.3 Å². The standard InChI is InChI=1S/C7H14O3/c1-3-6-4-10-7(2,8)5-9-6/h6,8H,3-5H2,1-2H3/t6-,7-/m1/s1. The van der Waals surface area contributed by atoms with Gasteiger partial charge in [-0.2, -0.15) is 0 Å². The molecule has 1 fully saturated rings. The van der Waals surface area contributed by atoms with E-state index in [0.717, 1.165) is 6.42 Å². The molecular weight excluding hydrogens is 132 g/mol. The molecule has 1 aliphatic rings. The van der Waals surface area contributed by atoms with E-state index in [9.17, 15) is 5.11 Å². The zero-order chi connectivity index (χ0) is 7.61. The Hall–Kier alpha value is -0.120. The number of hydrogen-bond donors (Lipinski definition) is 1. The summed E-state index contributed by atoms with van der Waals surface area (Å²) >= 11 is 0. The van der Waals surface area contributed by atoms with Gasteiger partial charge in [0.15, 0.2) is 5.79 Å². The van der Waals surface area contributed by atoms with Gasteiger partial charge in [-0.1, -0.05) is 6.92 Å². The van der Waals surface area contributed by atoms with Crippen molar-refractivity contribution in [2.45, 2.75) is 32.2 Å². The van der Waals surface area contributed by atoms with E-state index in [1.807, 2.05) is 6.92 Å². The molecule has 3 heteroatoms. The van der Waals surface area contributed by atoms with Crippen LogP contribution in [-0.4, -0.2) is 30.2 Å². The van der Waals surface area contributed by atoms with Gasteiger partial charge in [0.2, 0.25) is 0 Å². The number of rotatable bonds is 1. The largest absolute Gasteiger partial charge is 0.370 e. The van der Waals surface area contributed by atoms with Crippen LogP contribution in [0.15, 0.2) is 0 Å². The monoisotopic (exact) mass is 146 g/mol. The van der Waals surface area contributed by atoms with Crippen molar-refractivity contribution in [3.05, 3.63) is 0 Å². The lowest BCUT2D eigenvalue weighted by atomic mass is 10.2. The molecule has 0 spiro atoms. The van der Waals surface area contributed by atoms with Gasteiger partial charge < -0.3 is 14.6 Å². The van der Waals surface area contributed by atoms with Crippen LogP contribution in [0.3, 0.4) is 0 Å². The molecule has 0 aromatic carbocycles. The summed E-state index contributed by atoms with van der Waals surface area (Å²) in [5.41, 5.74) is 0. The van der Waals surface area contributed by atoms with E-state index in [-0.39, 0.29) is 12.7 Å². The van der Waals surface area contributed by atoms with Crippen molar-refractivity contribution in [1.29, 1.82) is 0 Å². The van der Waals surface area contributed by atoms with E-state index in [1.54, 1.807) is 6.92 Å². The van der Waals surface area contributed by atoms with Crippen LogP contribution in [0.5, 0.6) is 0 Å². The fraction of sp³-hybridized carbons (Fsp3) is 1.00. The molecule has 1 aliphatic heterocycles. The highest BCUT2D eigenvalue weighted by atomic mass is 16.7. The van der Waals surface area contributed by atoms with Gasteiger partial charge in [-0.25, -0.2) is 0 Å². The summed E-state index contributed by atoms with van der Waals surface area (Å²) in [6.45, 7) is 4.43. The summed E-state index contributed by atoms with van der Waals surface area (Å²) < 4.78 is 10.4. The zero-order valence-corrected chi connectivity index (χ0v) is 6.46. The molecule has 1 rings (SSSR count). The van der Waals surface area contributed by atoms with Crippen LogP contribution in [-0.2, 0) is 9.47 Å². The summed E-state index contributed by atoms with van der Waals surface area (Å²) in [4.78, 5) is 0. The molecule has 0 saturated carbocycles. The van der Waals surface area contributed by atoms with E-state index < -0.39 is 5.79 Å². The smallest absolute Gasteiger partial charge is 0.186 e. The second kappa shape index (κ2) is 2.86. The minimum absolute atomic E-state index is 0.167. The number of hydrogen-bond acceptors (Lipinski definition) is 3. The van der Waals surface area contributed by atoms with Crippen LogP contribution in [0.1, 0.15) is 20.3 Å². The Bertz CT molecular complexity index is 101. The van der Waals surface area contributed by atoms with Crippen molar-refractivity contribution in [3.63, 3.8) is 0 Å². The van der Waals surface area contributed by atoms with E-state index in [4.69, 9.17) is 9.47 Å². The molecule has 0 aliphatic carbocycles. The normalized spacial score (nSPS) is 41.7. The summed E-state index contributed by atoms with van der Waals surface area (Å²) in [6, 6.07) is 0. The van der Waals surface area contributed by atoms with Crippen molar-refractivity contribution in [3.8, 4) is 0 Å². The summed E-state index contributed by atoms with van der Waals surface area (Å²) in [6.07, 6.45) is 1.11. The van der Waals surface area contributed by atoms with Crippen LogP contribution >= 0.6 is 0 Å². The third-order valence-corrected chi connectivity index (χ3v) is 1.62. The molecule has 1 heterocycles. The highest BCUT2D eigenvalue weighted by molar-refractivity contribution is 4.67. The van der Waals surface area contributed by atoms with Gasteiger partial charge in [0.05, 0.1) is 12.7 Å². The van der Waals surface area contributed by atoms with Crippen molar-refractivity contribution < 1.29 is 14.6 Å². The molecule has 10 heavy (non-hydrogen) atoms. The average molecular weight is 146 g/mol. The topological polar surface area (TPSA) is 38.7 Å². The molecule has 0 amide bonds. The highest BCUT2D eigenvalue weighted by Gasteiger charge is 2.29. The average Bonchev–Trinajstić information content (AvgIpc) is 1.88. The third-order valence-electron chi connectivity index (χ3n) is 1.62. The number of ether oxygens (including phenoxy) is 2. The first-order valence-electron chi connectivity index (χ1n) is 3.62. The fourth-order valence-corrected chi connectivity index (χ4v) is 0.870. The fourth-order valence-electron chi connectivity index (χ4n) is 0.870. The molecule has 0 bridgehead atoms. The Morgan fingerprint density at radius 3 is 2.80 bits per heavy atom. The van der Waals surface area contributed by atoms with Crippen LogP contribution in [0, 0.1) is 0 Å². The number of aliphatic hydroxyl groups is 1. The Kier molecular flexibility index (Phi) is 2.28. The van der Waals surface area contributed by atoms with Gasteiger partial charge in [0, 0.05) is 0 Å². The molecule has 0 radical (unpaired) electrons. The highest BCUT2D eigenvalue weighted by Crippen LogP contribution is 2.16. The molecular formula is C7H14O3. The summed E-state index contributed by atoms with van der Waals surface area (Å²) in [5.74, 6) is -1.06. The van der Waals surface area contributed by atoms with E-state index in [1.165, 1.54) is 0 Å². The third kappa shape index (κ3) is 1.94. The second-order valence-corrected chi connectivity index (χ2v) is 2.83. The maximum Gasteiger partial charge on any atom is 0.186 e. The van der Waals surface area contributed by atoms with Crippen molar-refractivity contribution in [2.75, 3.05) is 13.2 Å². The second-order valence-electron chi connectivity index (χ2n) is 2.83. The van der Waals surface area contributed by atoms with E-state index in [2.05, 4.69) is 0 Å². The maximum absolute atomic E-state index is 9.24. The van der Waals surface area contributed by atoms with Gasteiger partial charge in [0.1, 0.15) is 6.61 Å². The SMILES string of the molecule is CC[C@@H]1CO[C@@](C)(O)CO1. The minimum atomic E-state index is -1.06. The Balaban J connectivity index is 2.31. The van der Waals surface area contributed by atoms with E-state index >= 15 is 0 Å². The molecule has 60 valence electrons. The van der Waals surface area contributed by atoms with Crippen LogP contribution in [0.25, 0.3) is 0 Å². The van der Waals surface area contributed by atoms with E-state index in [0.29, 0.717) is 6.61 Å².